The summed E-state index contributed by atoms with van der Waals surface area (Å²) in [4.78, 5) is 0.198. The lowest BCUT2D eigenvalue weighted by Crippen LogP contribution is -2.32. The average molecular weight is 267 g/mol. The van der Waals surface area contributed by atoms with E-state index >= 15 is 0 Å². The molecule has 0 saturated heterocycles. The molecule has 0 spiro atoms. The average Bonchev–Trinajstić information content (AvgIpc) is 2.38. The highest BCUT2D eigenvalue weighted by atomic mass is 32.2. The molecular formula is C13H17NO3S. The Bertz CT molecular complexity index is 514. The van der Waals surface area contributed by atoms with Gasteiger partial charge in [0, 0.05) is 6.54 Å². The highest BCUT2D eigenvalue weighted by Gasteiger charge is 2.22. The van der Waals surface area contributed by atoms with Crippen molar-refractivity contribution < 1.29 is 13.5 Å². The highest BCUT2D eigenvalue weighted by Crippen LogP contribution is 2.16. The van der Waals surface area contributed by atoms with Gasteiger partial charge in [-0.25, -0.2) is 8.42 Å². The van der Waals surface area contributed by atoms with Crippen LogP contribution in [0.3, 0.4) is 0 Å². The molecule has 18 heavy (non-hydrogen) atoms. The zero-order valence-corrected chi connectivity index (χ0v) is 11.2. The molecule has 0 aliphatic heterocycles. The fourth-order valence-corrected chi connectivity index (χ4v) is 3.00. The normalized spacial score (nSPS) is 11.4. The lowest BCUT2D eigenvalue weighted by atomic mass is 10.2. The lowest BCUT2D eigenvalue weighted by Gasteiger charge is -2.19. The predicted molar refractivity (Wildman–Crippen MR) is 70.2 cm³/mol. The number of terminal acetylenes is 1. The Morgan fingerprint density at radius 1 is 1.33 bits per heavy atom. The van der Waals surface area contributed by atoms with Crippen LogP contribution in [0, 0.1) is 12.3 Å². The first-order chi connectivity index (χ1) is 8.56. The van der Waals surface area contributed by atoms with Crippen molar-refractivity contribution >= 4 is 10.0 Å². The maximum absolute atomic E-state index is 12.3. The summed E-state index contributed by atoms with van der Waals surface area (Å²) < 4.78 is 25.8. The van der Waals surface area contributed by atoms with E-state index in [9.17, 15) is 8.42 Å². The predicted octanol–water partition coefficient (Wildman–Crippen LogP) is 1.21. The Morgan fingerprint density at radius 2 is 1.94 bits per heavy atom. The molecule has 0 atom stereocenters. The third kappa shape index (κ3) is 3.33. The van der Waals surface area contributed by atoms with Crippen molar-refractivity contribution in [3.8, 4) is 12.3 Å². The molecule has 1 aromatic carbocycles. The molecule has 0 saturated carbocycles. The Labute approximate surface area is 108 Å². The van der Waals surface area contributed by atoms with E-state index < -0.39 is 10.0 Å². The second-order valence-electron chi connectivity index (χ2n) is 3.84. The van der Waals surface area contributed by atoms with Crippen LogP contribution in [0.5, 0.6) is 0 Å². The van der Waals surface area contributed by atoms with Gasteiger partial charge in [0.05, 0.1) is 18.0 Å². The molecule has 5 heteroatoms. The number of rotatable bonds is 6. The van der Waals surface area contributed by atoms with Crippen molar-refractivity contribution in [1.82, 2.24) is 4.31 Å². The fraction of sp³-hybridized carbons (Fsp3) is 0.385. The van der Waals surface area contributed by atoms with Gasteiger partial charge in [0.1, 0.15) is 0 Å². The van der Waals surface area contributed by atoms with Crippen molar-refractivity contribution in [3.05, 3.63) is 29.8 Å². The lowest BCUT2D eigenvalue weighted by molar-refractivity contribution is 0.281. The number of sulfonamides is 1. The van der Waals surface area contributed by atoms with E-state index in [1.165, 1.54) is 16.4 Å². The van der Waals surface area contributed by atoms with Crippen molar-refractivity contribution in [2.45, 2.75) is 24.8 Å². The van der Waals surface area contributed by atoms with Crippen LogP contribution in [-0.2, 0) is 16.6 Å². The first-order valence-corrected chi connectivity index (χ1v) is 7.13. The smallest absolute Gasteiger partial charge is 0.243 e. The summed E-state index contributed by atoms with van der Waals surface area (Å²) in [6.45, 7) is 2.25. The highest BCUT2D eigenvalue weighted by molar-refractivity contribution is 7.89. The van der Waals surface area contributed by atoms with E-state index in [2.05, 4.69) is 5.92 Å². The fourth-order valence-electron chi connectivity index (χ4n) is 1.55. The van der Waals surface area contributed by atoms with E-state index in [1.54, 1.807) is 12.1 Å². The maximum atomic E-state index is 12.3. The zero-order valence-electron chi connectivity index (χ0n) is 10.3. The minimum Gasteiger partial charge on any atom is -0.392 e. The topological polar surface area (TPSA) is 57.6 Å². The van der Waals surface area contributed by atoms with Crippen LogP contribution in [0.1, 0.15) is 18.9 Å². The molecule has 1 aromatic rings. The van der Waals surface area contributed by atoms with Gasteiger partial charge in [-0.05, 0) is 24.1 Å². The number of nitrogens with zero attached hydrogens (tertiary/aromatic N) is 1. The van der Waals surface area contributed by atoms with Gasteiger partial charge >= 0.3 is 0 Å². The van der Waals surface area contributed by atoms with Gasteiger partial charge in [-0.15, -0.1) is 6.42 Å². The van der Waals surface area contributed by atoms with Gasteiger partial charge in [-0.3, -0.25) is 0 Å². The minimum absolute atomic E-state index is 0.0674. The summed E-state index contributed by atoms with van der Waals surface area (Å²) in [6, 6.07) is 6.15. The largest absolute Gasteiger partial charge is 0.392 e. The summed E-state index contributed by atoms with van der Waals surface area (Å²) >= 11 is 0. The summed E-state index contributed by atoms with van der Waals surface area (Å²) in [5.41, 5.74) is 0.674. The Morgan fingerprint density at radius 3 is 2.39 bits per heavy atom. The van der Waals surface area contributed by atoms with Crippen LogP contribution >= 0.6 is 0 Å². The summed E-state index contributed by atoms with van der Waals surface area (Å²) in [7, 11) is -3.54. The number of hydrogen-bond donors (Lipinski definition) is 1. The van der Waals surface area contributed by atoms with Crippen LogP contribution in [0.2, 0.25) is 0 Å². The van der Waals surface area contributed by atoms with Crippen LogP contribution in [0.15, 0.2) is 29.2 Å². The molecule has 1 N–H and O–H groups in total. The Kier molecular flexibility index (Phi) is 5.35. The molecular weight excluding hydrogens is 250 g/mol. The number of aliphatic hydroxyl groups excluding tert-OH is 1. The van der Waals surface area contributed by atoms with Gasteiger partial charge in [0.15, 0.2) is 0 Å². The summed E-state index contributed by atoms with van der Waals surface area (Å²) in [5, 5.41) is 8.92. The van der Waals surface area contributed by atoms with Crippen LogP contribution < -0.4 is 0 Å². The van der Waals surface area contributed by atoms with Crippen molar-refractivity contribution in [1.29, 1.82) is 0 Å². The van der Waals surface area contributed by atoms with Gasteiger partial charge < -0.3 is 5.11 Å². The second kappa shape index (κ2) is 6.55. The number of hydrogen-bond acceptors (Lipinski definition) is 3. The summed E-state index contributed by atoms with van der Waals surface area (Å²) in [5.74, 6) is 2.36. The molecule has 0 radical (unpaired) electrons. The molecule has 0 aliphatic rings. The molecule has 0 unspecified atom stereocenters. The van der Waals surface area contributed by atoms with E-state index in [4.69, 9.17) is 11.5 Å². The number of benzene rings is 1. The van der Waals surface area contributed by atoms with Crippen molar-refractivity contribution in [3.63, 3.8) is 0 Å². The molecule has 0 heterocycles. The zero-order chi connectivity index (χ0) is 13.6. The van der Waals surface area contributed by atoms with Crippen molar-refractivity contribution in [2.75, 3.05) is 13.1 Å². The molecule has 0 bridgehead atoms. The monoisotopic (exact) mass is 267 g/mol. The molecule has 0 fully saturated rings. The Hall–Kier alpha value is -1.35. The van der Waals surface area contributed by atoms with Crippen LogP contribution in [0.4, 0.5) is 0 Å². The molecule has 4 nitrogen and oxygen atoms in total. The summed E-state index contributed by atoms with van der Waals surface area (Å²) in [6.07, 6.45) is 5.89. The van der Waals surface area contributed by atoms with Gasteiger partial charge in [0.2, 0.25) is 10.0 Å². The SMILES string of the molecule is C#CCN(CCC)S(=O)(=O)c1ccc(CO)cc1. The first kappa shape index (κ1) is 14.7. The van der Waals surface area contributed by atoms with Gasteiger partial charge in [-0.1, -0.05) is 25.0 Å². The van der Waals surface area contributed by atoms with Crippen LogP contribution in [0.25, 0.3) is 0 Å². The molecule has 98 valence electrons. The van der Waals surface area contributed by atoms with Gasteiger partial charge in [0.25, 0.3) is 0 Å². The second-order valence-corrected chi connectivity index (χ2v) is 5.78. The van der Waals surface area contributed by atoms with E-state index in [1.807, 2.05) is 6.92 Å². The van der Waals surface area contributed by atoms with Gasteiger partial charge in [-0.2, -0.15) is 4.31 Å². The minimum atomic E-state index is -3.54. The maximum Gasteiger partial charge on any atom is 0.243 e. The third-order valence-electron chi connectivity index (χ3n) is 2.48. The molecule has 1 rings (SSSR count). The first-order valence-electron chi connectivity index (χ1n) is 5.69. The van der Waals surface area contributed by atoms with E-state index in [-0.39, 0.29) is 18.0 Å². The third-order valence-corrected chi connectivity index (χ3v) is 4.34. The Balaban J connectivity index is 3.06. The van der Waals surface area contributed by atoms with Crippen LogP contribution in [-0.4, -0.2) is 30.9 Å². The van der Waals surface area contributed by atoms with Crippen molar-refractivity contribution in [2.24, 2.45) is 0 Å². The van der Waals surface area contributed by atoms with E-state index in [0.717, 1.165) is 0 Å². The quantitative estimate of drug-likeness (QED) is 0.788. The number of aliphatic hydroxyl groups is 1. The molecule has 0 aliphatic carbocycles. The standard InChI is InChI=1S/C13H17NO3S/c1-3-9-14(10-4-2)18(16,17)13-7-5-12(11-15)6-8-13/h1,5-8,15H,4,9-11H2,2H3. The molecule has 0 aromatic heterocycles. The van der Waals surface area contributed by atoms with E-state index in [0.29, 0.717) is 18.5 Å². The molecule has 0 amide bonds.